The van der Waals surface area contributed by atoms with Crippen LogP contribution in [-0.4, -0.2) is 37.5 Å². The minimum absolute atomic E-state index is 0.125. The Morgan fingerprint density at radius 2 is 2.13 bits per heavy atom. The SMILES string of the molecule is CCOCc1nc2c(N)nc3cc(O)ccc3c2n1CC(C)O. The van der Waals surface area contributed by atoms with E-state index < -0.39 is 6.10 Å². The molecule has 0 fully saturated rings. The van der Waals surface area contributed by atoms with Crippen LogP contribution in [0.15, 0.2) is 18.2 Å². The molecule has 122 valence electrons. The predicted octanol–water partition coefficient (Wildman–Crippen LogP) is 1.79. The van der Waals surface area contributed by atoms with Crippen LogP contribution in [0, 0.1) is 0 Å². The van der Waals surface area contributed by atoms with Crippen molar-refractivity contribution >= 4 is 27.8 Å². The largest absolute Gasteiger partial charge is 0.508 e. The lowest BCUT2D eigenvalue weighted by molar-refractivity contribution is 0.121. The van der Waals surface area contributed by atoms with Gasteiger partial charge in [0.25, 0.3) is 0 Å². The Kier molecular flexibility index (Phi) is 4.06. The van der Waals surface area contributed by atoms with E-state index in [0.29, 0.717) is 42.4 Å². The third-order valence-corrected chi connectivity index (χ3v) is 3.65. The number of hydrogen-bond acceptors (Lipinski definition) is 6. The van der Waals surface area contributed by atoms with Crippen molar-refractivity contribution in [3.8, 4) is 5.75 Å². The number of benzene rings is 1. The number of nitrogens with zero attached hydrogens (tertiary/aromatic N) is 3. The van der Waals surface area contributed by atoms with Gasteiger partial charge in [-0.3, -0.25) is 0 Å². The fourth-order valence-corrected chi connectivity index (χ4v) is 2.71. The highest BCUT2D eigenvalue weighted by atomic mass is 16.5. The highest BCUT2D eigenvalue weighted by Crippen LogP contribution is 2.31. The molecule has 7 heteroatoms. The number of imidazole rings is 1. The molecule has 0 radical (unpaired) electrons. The first-order valence-electron chi connectivity index (χ1n) is 7.54. The number of aliphatic hydroxyl groups is 1. The van der Waals surface area contributed by atoms with E-state index in [9.17, 15) is 10.2 Å². The molecule has 2 aromatic heterocycles. The van der Waals surface area contributed by atoms with E-state index in [1.54, 1.807) is 25.1 Å². The highest BCUT2D eigenvalue weighted by molar-refractivity contribution is 6.06. The maximum absolute atomic E-state index is 9.84. The molecule has 0 amide bonds. The molecule has 1 aromatic carbocycles. The van der Waals surface area contributed by atoms with Crippen LogP contribution in [0.25, 0.3) is 21.9 Å². The van der Waals surface area contributed by atoms with Crippen LogP contribution in [0.2, 0.25) is 0 Å². The standard InChI is InChI=1S/C16H20N4O3/c1-3-23-8-13-19-14-15(20(13)7-9(2)21)11-5-4-10(22)6-12(11)18-16(14)17/h4-6,9,21-22H,3,7-8H2,1-2H3,(H2,17,18). The maximum atomic E-state index is 9.84. The summed E-state index contributed by atoms with van der Waals surface area (Å²) in [6.45, 7) is 4.90. The Bertz CT molecular complexity index is 858. The van der Waals surface area contributed by atoms with Crippen LogP contribution in [0.4, 0.5) is 5.82 Å². The molecule has 0 aliphatic heterocycles. The minimum Gasteiger partial charge on any atom is -0.508 e. The number of nitrogen functional groups attached to an aromatic ring is 1. The van der Waals surface area contributed by atoms with Crippen molar-refractivity contribution in [2.24, 2.45) is 0 Å². The normalized spacial score (nSPS) is 13.0. The van der Waals surface area contributed by atoms with Crippen LogP contribution in [-0.2, 0) is 17.9 Å². The lowest BCUT2D eigenvalue weighted by atomic mass is 10.1. The first-order chi connectivity index (χ1) is 11.0. The van der Waals surface area contributed by atoms with Gasteiger partial charge in [-0.05, 0) is 26.0 Å². The average Bonchev–Trinajstić information content (AvgIpc) is 2.84. The number of rotatable bonds is 5. The van der Waals surface area contributed by atoms with Crippen molar-refractivity contribution in [3.05, 3.63) is 24.0 Å². The summed E-state index contributed by atoms with van der Waals surface area (Å²) in [5.41, 5.74) is 8.01. The first-order valence-corrected chi connectivity index (χ1v) is 7.54. The van der Waals surface area contributed by atoms with Gasteiger partial charge in [0.05, 0.1) is 23.7 Å². The lowest BCUT2D eigenvalue weighted by Crippen LogP contribution is -2.15. The predicted molar refractivity (Wildman–Crippen MR) is 88.1 cm³/mol. The molecule has 0 saturated heterocycles. The van der Waals surface area contributed by atoms with Crippen molar-refractivity contribution < 1.29 is 14.9 Å². The van der Waals surface area contributed by atoms with E-state index in [1.807, 2.05) is 11.5 Å². The quantitative estimate of drug-likeness (QED) is 0.662. The Morgan fingerprint density at radius 1 is 1.35 bits per heavy atom. The van der Waals surface area contributed by atoms with Crippen molar-refractivity contribution in [1.82, 2.24) is 14.5 Å². The molecule has 0 bridgehead atoms. The van der Waals surface area contributed by atoms with Gasteiger partial charge in [0.15, 0.2) is 5.82 Å². The molecule has 0 aliphatic carbocycles. The number of anilines is 1. The Balaban J connectivity index is 2.33. The summed E-state index contributed by atoms with van der Waals surface area (Å²) < 4.78 is 7.39. The second-order valence-corrected chi connectivity index (χ2v) is 5.52. The fourth-order valence-electron chi connectivity index (χ4n) is 2.71. The summed E-state index contributed by atoms with van der Waals surface area (Å²) >= 11 is 0. The number of pyridine rings is 1. The van der Waals surface area contributed by atoms with Crippen LogP contribution in [0.3, 0.4) is 0 Å². The zero-order chi connectivity index (χ0) is 16.6. The summed E-state index contributed by atoms with van der Waals surface area (Å²) in [5.74, 6) is 1.11. The number of fused-ring (bicyclic) bond motifs is 3. The molecule has 2 heterocycles. The van der Waals surface area contributed by atoms with Gasteiger partial charge in [-0.15, -0.1) is 0 Å². The van der Waals surface area contributed by atoms with Crippen LogP contribution in [0.5, 0.6) is 5.75 Å². The molecule has 0 aliphatic rings. The number of phenols is 1. The van der Waals surface area contributed by atoms with Gasteiger partial charge in [0.2, 0.25) is 0 Å². The first kappa shape index (κ1) is 15.5. The molecule has 7 nitrogen and oxygen atoms in total. The number of ether oxygens (including phenoxy) is 1. The Morgan fingerprint density at radius 3 is 2.83 bits per heavy atom. The highest BCUT2D eigenvalue weighted by Gasteiger charge is 2.18. The molecule has 3 rings (SSSR count). The fraction of sp³-hybridized carbons (Fsp3) is 0.375. The van der Waals surface area contributed by atoms with Crippen molar-refractivity contribution in [2.45, 2.75) is 33.1 Å². The number of aliphatic hydroxyl groups excluding tert-OH is 1. The third kappa shape index (κ3) is 2.80. The van der Waals surface area contributed by atoms with Gasteiger partial charge in [0, 0.05) is 18.1 Å². The van der Waals surface area contributed by atoms with Crippen LogP contribution in [0.1, 0.15) is 19.7 Å². The number of aromatic nitrogens is 3. The lowest BCUT2D eigenvalue weighted by Gasteiger charge is -2.12. The van der Waals surface area contributed by atoms with Gasteiger partial charge in [0.1, 0.15) is 23.7 Å². The molecule has 0 saturated carbocycles. The van der Waals surface area contributed by atoms with Gasteiger partial charge >= 0.3 is 0 Å². The van der Waals surface area contributed by atoms with Crippen LogP contribution >= 0.6 is 0 Å². The van der Waals surface area contributed by atoms with Gasteiger partial charge < -0.3 is 25.3 Å². The van der Waals surface area contributed by atoms with E-state index in [2.05, 4.69) is 9.97 Å². The van der Waals surface area contributed by atoms with E-state index in [-0.39, 0.29) is 5.75 Å². The average molecular weight is 316 g/mol. The summed E-state index contributed by atoms with van der Waals surface area (Å²) in [7, 11) is 0. The number of phenolic OH excluding ortho intramolecular Hbond substituents is 1. The maximum Gasteiger partial charge on any atom is 0.152 e. The van der Waals surface area contributed by atoms with Crippen LogP contribution < -0.4 is 5.73 Å². The molecular weight excluding hydrogens is 296 g/mol. The number of aromatic hydroxyl groups is 1. The zero-order valence-corrected chi connectivity index (χ0v) is 13.2. The summed E-state index contributed by atoms with van der Waals surface area (Å²) in [5, 5.41) is 20.3. The summed E-state index contributed by atoms with van der Waals surface area (Å²) in [4.78, 5) is 8.87. The van der Waals surface area contributed by atoms with E-state index in [4.69, 9.17) is 10.5 Å². The Labute approximate surface area is 133 Å². The van der Waals surface area contributed by atoms with Gasteiger partial charge in [-0.25, -0.2) is 9.97 Å². The Hall–Kier alpha value is -2.38. The molecule has 1 unspecified atom stereocenters. The smallest absolute Gasteiger partial charge is 0.152 e. The zero-order valence-electron chi connectivity index (χ0n) is 13.2. The molecule has 4 N–H and O–H groups in total. The monoisotopic (exact) mass is 316 g/mol. The van der Waals surface area contributed by atoms with Gasteiger partial charge in [-0.2, -0.15) is 0 Å². The number of nitrogens with two attached hydrogens (primary N) is 1. The second-order valence-electron chi connectivity index (χ2n) is 5.52. The molecule has 1 atom stereocenters. The van der Waals surface area contributed by atoms with E-state index in [1.165, 1.54) is 0 Å². The topological polar surface area (TPSA) is 106 Å². The van der Waals surface area contributed by atoms with Crippen molar-refractivity contribution in [2.75, 3.05) is 12.3 Å². The molecule has 3 aromatic rings. The molecule has 0 spiro atoms. The second kappa shape index (κ2) is 6.02. The van der Waals surface area contributed by atoms with Crippen molar-refractivity contribution in [3.63, 3.8) is 0 Å². The van der Waals surface area contributed by atoms with E-state index >= 15 is 0 Å². The molecule has 23 heavy (non-hydrogen) atoms. The number of hydrogen-bond donors (Lipinski definition) is 3. The summed E-state index contributed by atoms with van der Waals surface area (Å²) in [6, 6.07) is 4.94. The van der Waals surface area contributed by atoms with Gasteiger partial charge in [-0.1, -0.05) is 0 Å². The minimum atomic E-state index is -0.547. The summed E-state index contributed by atoms with van der Waals surface area (Å²) in [6.07, 6.45) is -0.547. The van der Waals surface area contributed by atoms with E-state index in [0.717, 1.165) is 10.9 Å². The van der Waals surface area contributed by atoms with Crippen molar-refractivity contribution in [1.29, 1.82) is 0 Å². The third-order valence-electron chi connectivity index (χ3n) is 3.65. The molecular formula is C16H20N4O3.